The number of methoxy groups -OCH3 is 4. The zero-order chi connectivity index (χ0) is 24.7. The molecule has 0 fully saturated rings. The van der Waals surface area contributed by atoms with Crippen LogP contribution in [-0.4, -0.2) is 73.9 Å². The number of sulfonamides is 1. The van der Waals surface area contributed by atoms with Gasteiger partial charge in [0.1, 0.15) is 17.2 Å². The van der Waals surface area contributed by atoms with Crippen molar-refractivity contribution in [2.45, 2.75) is 11.3 Å². The van der Waals surface area contributed by atoms with E-state index in [4.69, 9.17) is 18.9 Å². The quantitative estimate of drug-likeness (QED) is 0.511. The smallest absolute Gasteiger partial charge is 0.254 e. The van der Waals surface area contributed by atoms with Gasteiger partial charge in [0, 0.05) is 44.4 Å². The maximum absolute atomic E-state index is 13.0. The fourth-order valence-corrected chi connectivity index (χ4v) is 4.74. The third-order valence-electron chi connectivity index (χ3n) is 5.54. The second-order valence-corrected chi connectivity index (χ2v) is 9.32. The lowest BCUT2D eigenvalue weighted by Crippen LogP contribution is -2.34. The lowest BCUT2D eigenvalue weighted by Gasteiger charge is -2.28. The van der Waals surface area contributed by atoms with Gasteiger partial charge in [-0.25, -0.2) is 13.1 Å². The number of nitrogens with one attached hydrogen (secondary N) is 1. The molecule has 1 aliphatic rings. The first-order valence-corrected chi connectivity index (χ1v) is 12.2. The van der Waals surface area contributed by atoms with E-state index in [1.54, 1.807) is 38.4 Å². The summed E-state index contributed by atoms with van der Waals surface area (Å²) in [6.07, 6.45) is 2.59. The van der Waals surface area contributed by atoms with Gasteiger partial charge in [-0.2, -0.15) is 0 Å². The molecule has 0 aromatic heterocycles. The van der Waals surface area contributed by atoms with E-state index in [-0.39, 0.29) is 24.0 Å². The predicted molar refractivity (Wildman–Crippen MR) is 128 cm³/mol. The van der Waals surface area contributed by atoms with Gasteiger partial charge in [0.15, 0.2) is 0 Å². The number of nitrogens with zero attached hydrogens (tertiary/aromatic N) is 1. The van der Waals surface area contributed by atoms with Crippen molar-refractivity contribution in [1.29, 1.82) is 0 Å². The zero-order valence-corrected chi connectivity index (χ0v) is 20.6. The van der Waals surface area contributed by atoms with Crippen molar-refractivity contribution in [2.75, 3.05) is 54.7 Å². The average molecular weight is 491 g/mol. The van der Waals surface area contributed by atoms with E-state index in [9.17, 15) is 13.2 Å². The topological polar surface area (TPSA) is 103 Å². The summed E-state index contributed by atoms with van der Waals surface area (Å²) in [4.78, 5) is 14.8. The highest BCUT2D eigenvalue weighted by atomic mass is 32.2. The molecule has 1 aliphatic heterocycles. The van der Waals surface area contributed by atoms with Crippen LogP contribution < -0.4 is 18.9 Å². The van der Waals surface area contributed by atoms with Crippen molar-refractivity contribution >= 4 is 21.5 Å². The molecule has 1 amide bonds. The van der Waals surface area contributed by atoms with Crippen molar-refractivity contribution in [3.63, 3.8) is 0 Å². The van der Waals surface area contributed by atoms with Gasteiger partial charge in [0.25, 0.3) is 5.91 Å². The summed E-state index contributed by atoms with van der Waals surface area (Å²) in [5.41, 5.74) is 2.28. The number of benzene rings is 2. The molecule has 0 atom stereocenters. The number of hydrogen-bond acceptors (Lipinski definition) is 7. The molecule has 9 nitrogen and oxygen atoms in total. The summed E-state index contributed by atoms with van der Waals surface area (Å²) in [6.45, 7) is 1.35. The summed E-state index contributed by atoms with van der Waals surface area (Å²) in [6, 6.07) is 9.53. The summed E-state index contributed by atoms with van der Waals surface area (Å²) in [5.74, 6) is 1.74. The Kier molecular flexibility index (Phi) is 8.54. The first-order valence-electron chi connectivity index (χ1n) is 10.7. The van der Waals surface area contributed by atoms with E-state index in [0.29, 0.717) is 42.3 Å². The standard InChI is InChI=1S/C24H30N2O7S/c1-30-14-11-25-34(28,29)20-7-5-18(6-8-20)24(27)26-12-9-17(10-13-26)23-21(32-3)15-19(31-2)16-22(23)33-4/h5-9,15-16,25H,10-14H2,1-4H3. The Hall–Kier alpha value is -3.08. The predicted octanol–water partition coefficient (Wildman–Crippen LogP) is 2.57. The minimum Gasteiger partial charge on any atom is -0.496 e. The number of hydrogen-bond donors (Lipinski definition) is 1. The minimum absolute atomic E-state index is 0.0969. The van der Waals surface area contributed by atoms with Crippen LogP contribution in [0.25, 0.3) is 5.57 Å². The third-order valence-corrected chi connectivity index (χ3v) is 7.02. The number of carbonyl (C=O) groups excluding carboxylic acids is 1. The Morgan fingerprint density at radius 3 is 2.15 bits per heavy atom. The Morgan fingerprint density at radius 1 is 1.00 bits per heavy atom. The highest BCUT2D eigenvalue weighted by Crippen LogP contribution is 2.40. The molecule has 0 aliphatic carbocycles. The van der Waals surface area contributed by atoms with Crippen molar-refractivity contribution in [3.05, 3.63) is 53.6 Å². The first-order chi connectivity index (χ1) is 16.3. The van der Waals surface area contributed by atoms with Crippen LogP contribution in [0.2, 0.25) is 0 Å². The lowest BCUT2D eigenvalue weighted by molar-refractivity contribution is 0.0772. The van der Waals surface area contributed by atoms with Crippen LogP contribution in [0.5, 0.6) is 17.2 Å². The largest absolute Gasteiger partial charge is 0.496 e. The summed E-state index contributed by atoms with van der Waals surface area (Å²) in [7, 11) is 2.61. The SMILES string of the molecule is COCCNS(=O)(=O)c1ccc(C(=O)N2CC=C(c3c(OC)cc(OC)cc3OC)CC2)cc1. The zero-order valence-electron chi connectivity index (χ0n) is 19.8. The normalized spacial score (nSPS) is 13.9. The molecule has 2 aromatic rings. The average Bonchev–Trinajstić information content (AvgIpc) is 2.87. The Morgan fingerprint density at radius 2 is 1.65 bits per heavy atom. The van der Waals surface area contributed by atoms with Crippen LogP contribution in [0.15, 0.2) is 47.4 Å². The van der Waals surface area contributed by atoms with Crippen LogP contribution in [0.1, 0.15) is 22.3 Å². The fourth-order valence-electron chi connectivity index (χ4n) is 3.72. The molecule has 34 heavy (non-hydrogen) atoms. The van der Waals surface area contributed by atoms with Crippen LogP contribution in [-0.2, 0) is 14.8 Å². The summed E-state index contributed by atoms with van der Waals surface area (Å²) < 4.78 is 48.3. The summed E-state index contributed by atoms with van der Waals surface area (Å²) in [5, 5.41) is 0. The number of ether oxygens (including phenoxy) is 4. The van der Waals surface area contributed by atoms with Crippen molar-refractivity contribution < 1.29 is 32.2 Å². The molecule has 1 N–H and O–H groups in total. The van der Waals surface area contributed by atoms with Gasteiger partial charge in [-0.3, -0.25) is 4.79 Å². The maximum Gasteiger partial charge on any atom is 0.254 e. The van der Waals surface area contributed by atoms with Crippen molar-refractivity contribution in [1.82, 2.24) is 9.62 Å². The molecule has 3 rings (SSSR count). The highest BCUT2D eigenvalue weighted by Gasteiger charge is 2.24. The second-order valence-electron chi connectivity index (χ2n) is 7.55. The Bertz CT molecular complexity index is 1120. The fraction of sp³-hybridized carbons (Fsp3) is 0.375. The lowest BCUT2D eigenvalue weighted by atomic mass is 9.96. The molecule has 0 spiro atoms. The van der Waals surface area contributed by atoms with Crippen LogP contribution in [0.4, 0.5) is 0 Å². The van der Waals surface area contributed by atoms with Gasteiger partial charge in [-0.05, 0) is 36.3 Å². The van der Waals surface area contributed by atoms with Gasteiger partial charge >= 0.3 is 0 Å². The van der Waals surface area contributed by atoms with Crippen LogP contribution in [0, 0.1) is 0 Å². The van der Waals surface area contributed by atoms with E-state index in [1.165, 1.54) is 31.4 Å². The van der Waals surface area contributed by atoms with E-state index < -0.39 is 10.0 Å². The molecule has 0 unspecified atom stereocenters. The number of carbonyl (C=O) groups is 1. The molecular formula is C24H30N2O7S. The van der Waals surface area contributed by atoms with E-state index in [1.807, 2.05) is 6.08 Å². The molecule has 0 bridgehead atoms. The number of rotatable bonds is 10. The molecule has 0 radical (unpaired) electrons. The van der Waals surface area contributed by atoms with Gasteiger partial charge in [0.2, 0.25) is 10.0 Å². The third kappa shape index (κ3) is 5.69. The van der Waals surface area contributed by atoms with Gasteiger partial charge in [-0.15, -0.1) is 0 Å². The van der Waals surface area contributed by atoms with Crippen molar-refractivity contribution in [3.8, 4) is 17.2 Å². The van der Waals surface area contributed by atoms with Gasteiger partial charge < -0.3 is 23.8 Å². The molecule has 184 valence electrons. The second kappa shape index (κ2) is 11.4. The van der Waals surface area contributed by atoms with Gasteiger partial charge in [0.05, 0.1) is 38.4 Å². The number of amides is 1. The molecule has 10 heteroatoms. The van der Waals surface area contributed by atoms with E-state index in [2.05, 4.69) is 4.72 Å². The highest BCUT2D eigenvalue weighted by molar-refractivity contribution is 7.89. The maximum atomic E-state index is 13.0. The van der Waals surface area contributed by atoms with Crippen molar-refractivity contribution in [2.24, 2.45) is 0 Å². The molecule has 2 aromatic carbocycles. The molecule has 1 heterocycles. The first kappa shape index (κ1) is 25.5. The monoisotopic (exact) mass is 490 g/mol. The minimum atomic E-state index is -3.65. The Balaban J connectivity index is 1.74. The Labute approximate surface area is 200 Å². The molecule has 0 saturated heterocycles. The van der Waals surface area contributed by atoms with Crippen LogP contribution >= 0.6 is 0 Å². The van der Waals surface area contributed by atoms with E-state index >= 15 is 0 Å². The molecule has 0 saturated carbocycles. The van der Waals surface area contributed by atoms with Crippen LogP contribution in [0.3, 0.4) is 0 Å². The van der Waals surface area contributed by atoms with E-state index in [0.717, 1.165) is 11.1 Å². The summed E-state index contributed by atoms with van der Waals surface area (Å²) >= 11 is 0. The molecular weight excluding hydrogens is 460 g/mol. The van der Waals surface area contributed by atoms with Gasteiger partial charge in [-0.1, -0.05) is 6.08 Å².